The topological polar surface area (TPSA) is 68.6 Å². The van der Waals surface area contributed by atoms with Crippen LogP contribution >= 0.6 is 0 Å². The average Bonchev–Trinajstić information content (AvgIpc) is 3.30. The normalized spacial score (nSPS) is 15.1. The highest BCUT2D eigenvalue weighted by atomic mass is 19.4. The number of piperidine rings is 1. The van der Waals surface area contributed by atoms with Gasteiger partial charge in [0.25, 0.3) is 5.91 Å². The van der Waals surface area contributed by atoms with Crippen LogP contribution in [0.25, 0.3) is 11.3 Å². The molecule has 1 N–H and O–H groups in total. The Bertz CT molecular complexity index is 1240. The number of amides is 1. The van der Waals surface area contributed by atoms with E-state index in [1.165, 1.54) is 0 Å². The maximum atomic E-state index is 13.6. The largest absolute Gasteiger partial charge is 0.492 e. The molecular weight excluding hydrogens is 492 g/mol. The van der Waals surface area contributed by atoms with Crippen molar-refractivity contribution in [1.29, 1.82) is 0 Å². The molecule has 4 rings (SSSR count). The van der Waals surface area contributed by atoms with Crippen LogP contribution in [0.3, 0.4) is 0 Å². The molecule has 0 aliphatic carbocycles. The Labute approximate surface area is 212 Å². The highest BCUT2D eigenvalue weighted by Crippen LogP contribution is 2.34. The number of alkyl halides is 3. The number of halogens is 4. The number of aryl methyl sites for hydroxylation is 1. The minimum Gasteiger partial charge on any atom is -0.492 e. The van der Waals surface area contributed by atoms with E-state index in [-0.39, 0.29) is 5.56 Å². The van der Waals surface area contributed by atoms with E-state index < -0.39 is 23.5 Å². The first-order valence-corrected chi connectivity index (χ1v) is 11.8. The van der Waals surface area contributed by atoms with Gasteiger partial charge >= 0.3 is 6.18 Å². The third-order valence-electron chi connectivity index (χ3n) is 6.40. The Morgan fingerprint density at radius 2 is 1.89 bits per heavy atom. The van der Waals surface area contributed by atoms with E-state index in [1.54, 1.807) is 49.3 Å². The summed E-state index contributed by atoms with van der Waals surface area (Å²) in [6, 6.07) is 8.90. The van der Waals surface area contributed by atoms with E-state index >= 15 is 0 Å². The molecule has 0 bridgehead atoms. The van der Waals surface area contributed by atoms with Crippen LogP contribution in [0, 0.1) is 5.82 Å². The number of anilines is 1. The molecular formula is C26H28F4N4O3. The fourth-order valence-corrected chi connectivity index (χ4v) is 4.31. The van der Waals surface area contributed by atoms with Crippen LogP contribution in [-0.2, 0) is 18.0 Å². The second-order valence-electron chi connectivity index (χ2n) is 8.82. The van der Waals surface area contributed by atoms with Crippen molar-refractivity contribution >= 4 is 11.6 Å². The molecule has 0 atom stereocenters. The number of hydrogen-bond donors (Lipinski definition) is 1. The zero-order valence-corrected chi connectivity index (χ0v) is 20.5. The summed E-state index contributed by atoms with van der Waals surface area (Å²) < 4.78 is 66.0. The minimum absolute atomic E-state index is 0.298. The molecule has 1 saturated heterocycles. The van der Waals surface area contributed by atoms with Gasteiger partial charge in [0.05, 0.1) is 17.4 Å². The number of nitrogens with zero attached hydrogens (tertiary/aromatic N) is 3. The van der Waals surface area contributed by atoms with Crippen molar-refractivity contribution < 1.29 is 31.8 Å². The quantitative estimate of drug-likeness (QED) is 0.424. The van der Waals surface area contributed by atoms with Crippen molar-refractivity contribution in [3.05, 3.63) is 65.6 Å². The molecule has 2 heterocycles. The maximum absolute atomic E-state index is 13.6. The lowest BCUT2D eigenvalue weighted by molar-refractivity contribution is -0.140. The van der Waals surface area contributed by atoms with Crippen molar-refractivity contribution in [2.45, 2.75) is 25.1 Å². The molecule has 1 aliphatic heterocycles. The number of likely N-dealkylation sites (tertiary alicyclic amines) is 1. The minimum atomic E-state index is -4.91. The molecule has 1 amide bonds. The van der Waals surface area contributed by atoms with Gasteiger partial charge in [-0.05, 0) is 55.3 Å². The molecule has 198 valence electrons. The van der Waals surface area contributed by atoms with Crippen LogP contribution in [-0.4, -0.2) is 60.0 Å². The van der Waals surface area contributed by atoms with Crippen molar-refractivity contribution in [3.63, 3.8) is 0 Å². The second-order valence-corrected chi connectivity index (χ2v) is 8.82. The molecule has 0 unspecified atom stereocenters. The number of carbonyl (C=O) groups excluding carboxylic acids is 1. The lowest BCUT2D eigenvalue weighted by Crippen LogP contribution is -2.38. The third-order valence-corrected chi connectivity index (χ3v) is 6.40. The number of nitrogens with one attached hydrogen (secondary N) is 1. The van der Waals surface area contributed by atoms with Crippen LogP contribution in [0.15, 0.2) is 48.7 Å². The van der Waals surface area contributed by atoms with Crippen LogP contribution in [0.1, 0.15) is 28.8 Å². The Kier molecular flexibility index (Phi) is 8.13. The van der Waals surface area contributed by atoms with Crippen LogP contribution in [0.5, 0.6) is 5.75 Å². The van der Waals surface area contributed by atoms with Gasteiger partial charge in [-0.3, -0.25) is 14.4 Å². The summed E-state index contributed by atoms with van der Waals surface area (Å²) >= 11 is 0. The smallest absolute Gasteiger partial charge is 0.419 e. The van der Waals surface area contributed by atoms with Gasteiger partial charge < -0.3 is 14.8 Å². The van der Waals surface area contributed by atoms with E-state index in [1.807, 2.05) is 0 Å². The summed E-state index contributed by atoms with van der Waals surface area (Å²) in [6.45, 7) is 3.05. The first kappa shape index (κ1) is 26.6. The number of rotatable bonds is 8. The Morgan fingerprint density at radius 3 is 2.54 bits per heavy atom. The van der Waals surface area contributed by atoms with Crippen molar-refractivity contribution in [2.75, 3.05) is 38.7 Å². The molecule has 7 nitrogen and oxygen atoms in total. The Balaban J connectivity index is 1.49. The van der Waals surface area contributed by atoms with Gasteiger partial charge in [0, 0.05) is 56.8 Å². The predicted octanol–water partition coefficient (Wildman–Crippen LogP) is 4.99. The highest BCUT2D eigenvalue weighted by molar-refractivity contribution is 6.04. The lowest BCUT2D eigenvalue weighted by atomic mass is 10.1. The molecule has 0 spiro atoms. The lowest BCUT2D eigenvalue weighted by Gasteiger charge is -2.31. The van der Waals surface area contributed by atoms with Crippen molar-refractivity contribution in [2.24, 2.45) is 7.05 Å². The summed E-state index contributed by atoms with van der Waals surface area (Å²) in [5, 5.41) is 6.78. The molecule has 1 aliphatic rings. The molecule has 0 radical (unpaired) electrons. The summed E-state index contributed by atoms with van der Waals surface area (Å²) in [6.07, 6.45) is -1.04. The Hall–Kier alpha value is -3.44. The maximum Gasteiger partial charge on any atom is 0.419 e. The van der Waals surface area contributed by atoms with Gasteiger partial charge in [-0.25, -0.2) is 4.39 Å². The molecule has 1 aromatic heterocycles. The van der Waals surface area contributed by atoms with Crippen LogP contribution in [0.2, 0.25) is 0 Å². The second kappa shape index (κ2) is 11.3. The predicted molar refractivity (Wildman–Crippen MR) is 130 cm³/mol. The van der Waals surface area contributed by atoms with Crippen molar-refractivity contribution in [1.82, 2.24) is 14.7 Å². The Morgan fingerprint density at radius 1 is 1.14 bits per heavy atom. The van der Waals surface area contributed by atoms with Gasteiger partial charge in [0.2, 0.25) is 0 Å². The highest BCUT2D eigenvalue weighted by Gasteiger charge is 2.34. The summed E-state index contributed by atoms with van der Waals surface area (Å²) in [5.41, 5.74) is -0.0773. The van der Waals surface area contributed by atoms with E-state index in [0.29, 0.717) is 41.8 Å². The van der Waals surface area contributed by atoms with E-state index in [4.69, 9.17) is 9.47 Å². The van der Waals surface area contributed by atoms with E-state index in [9.17, 15) is 22.4 Å². The van der Waals surface area contributed by atoms with Gasteiger partial charge in [-0.2, -0.15) is 18.3 Å². The number of ether oxygens (including phenoxy) is 2. The standard InChI is InChI=1S/C26H28F4N4O3/c1-33-23(7-10-31-33)20-16-18(32-25(35)17-3-5-22(27)21(15-17)26(28,29)30)4-6-24(20)37-14-13-34-11-8-19(36-2)9-12-34/h3-7,10,15-16,19H,8-9,11-14H2,1-2H3,(H,32,35). The zero-order valence-electron chi connectivity index (χ0n) is 20.5. The van der Waals surface area contributed by atoms with Crippen molar-refractivity contribution in [3.8, 4) is 17.0 Å². The fourth-order valence-electron chi connectivity index (χ4n) is 4.31. The number of aromatic nitrogens is 2. The fraction of sp³-hybridized carbons (Fsp3) is 0.385. The molecule has 37 heavy (non-hydrogen) atoms. The third kappa shape index (κ3) is 6.47. The van der Waals surface area contributed by atoms with Crippen LogP contribution in [0.4, 0.5) is 23.2 Å². The molecule has 3 aromatic rings. The first-order valence-electron chi connectivity index (χ1n) is 11.8. The number of carbonyl (C=O) groups is 1. The van der Waals surface area contributed by atoms with Gasteiger partial charge in [-0.15, -0.1) is 0 Å². The molecule has 0 saturated carbocycles. The number of hydrogen-bond acceptors (Lipinski definition) is 5. The first-order chi connectivity index (χ1) is 17.7. The van der Waals surface area contributed by atoms with E-state index in [2.05, 4.69) is 15.3 Å². The SMILES string of the molecule is COC1CCN(CCOc2ccc(NC(=O)c3ccc(F)c(C(F)(F)F)c3)cc2-c2ccnn2C)CC1. The average molecular weight is 521 g/mol. The summed E-state index contributed by atoms with van der Waals surface area (Å²) in [4.78, 5) is 15.0. The van der Waals surface area contributed by atoms with E-state index in [0.717, 1.165) is 44.2 Å². The number of benzene rings is 2. The van der Waals surface area contributed by atoms with Gasteiger partial charge in [-0.1, -0.05) is 0 Å². The zero-order chi connectivity index (χ0) is 26.6. The molecule has 1 fully saturated rings. The number of methoxy groups -OCH3 is 1. The molecule has 2 aromatic carbocycles. The van der Waals surface area contributed by atoms with Gasteiger partial charge in [0.1, 0.15) is 18.2 Å². The monoisotopic (exact) mass is 520 g/mol. The van der Waals surface area contributed by atoms with Gasteiger partial charge in [0.15, 0.2) is 0 Å². The molecule has 11 heteroatoms. The summed E-state index contributed by atoms with van der Waals surface area (Å²) in [5.74, 6) is -1.66. The summed E-state index contributed by atoms with van der Waals surface area (Å²) in [7, 11) is 3.50. The van der Waals surface area contributed by atoms with Crippen LogP contribution < -0.4 is 10.1 Å².